The van der Waals surface area contributed by atoms with E-state index in [9.17, 15) is 0 Å². The summed E-state index contributed by atoms with van der Waals surface area (Å²) in [5, 5.41) is 3.86. The number of hydrogen-bond acceptors (Lipinski definition) is 2. The van der Waals surface area contributed by atoms with Crippen molar-refractivity contribution in [2.75, 3.05) is 13.1 Å². The van der Waals surface area contributed by atoms with Gasteiger partial charge >= 0.3 is 0 Å². The standard InChI is InChI=1S/C57H78N2/c1-37-31-47(35-58-37)51-29-30-55(54-18-10-9-17-53(51)54)56-36-59(48-27-25-40-12-4-6-14-44(40)33-48)57-34-46(26-28-50(57)38(2)49-15-7-8-16-52(49)56)42-21-19-41(20-22-42)45-24-23-39-11-3-5-13-43(39)32-45/h3-4,6,10-12,14,18-19,21,25,27,32,37-42,44-51,53,57-58H,5,7-9,13,15-17,20,22-24,26,28-31,33-36H2,1-2H3/b56-52+/t37?,38?,39?,40?,41?,42?,44-,45?,46?,47?,48?,49?,50?,51?,53?,57?/m0/s1. The summed E-state index contributed by atoms with van der Waals surface area (Å²) >= 11 is 0. The molecule has 1 saturated heterocycles. The highest BCUT2D eigenvalue weighted by atomic mass is 15.2. The number of allylic oxidation sites excluding steroid dienone is 15. The maximum Gasteiger partial charge on any atom is 0.0290 e. The van der Waals surface area contributed by atoms with E-state index in [2.05, 4.69) is 103 Å². The first kappa shape index (κ1) is 39.4. The molecule has 16 atom stereocenters. The van der Waals surface area contributed by atoms with Crippen LogP contribution in [0.25, 0.3) is 0 Å². The summed E-state index contributed by atoms with van der Waals surface area (Å²) < 4.78 is 0. The third-order valence-corrected chi connectivity index (χ3v) is 19.4. The van der Waals surface area contributed by atoms with Crippen LogP contribution in [0.3, 0.4) is 0 Å². The average Bonchev–Trinajstić information content (AvgIpc) is 3.73. The zero-order valence-electron chi connectivity index (χ0n) is 37.0. The predicted octanol–water partition coefficient (Wildman–Crippen LogP) is 13.5. The van der Waals surface area contributed by atoms with Crippen molar-refractivity contribution in [1.82, 2.24) is 10.2 Å². The Morgan fingerprint density at radius 2 is 1.51 bits per heavy atom. The van der Waals surface area contributed by atoms with Crippen molar-refractivity contribution in [1.29, 1.82) is 0 Å². The van der Waals surface area contributed by atoms with Gasteiger partial charge < -0.3 is 5.32 Å². The number of rotatable bonds is 5. The Labute approximate surface area is 359 Å². The molecule has 1 N–H and O–H groups in total. The summed E-state index contributed by atoms with van der Waals surface area (Å²) in [7, 11) is 0. The minimum absolute atomic E-state index is 0.538. The van der Waals surface area contributed by atoms with Gasteiger partial charge in [0.15, 0.2) is 0 Å². The van der Waals surface area contributed by atoms with Gasteiger partial charge in [-0.25, -0.2) is 0 Å². The van der Waals surface area contributed by atoms with Gasteiger partial charge in [-0.3, -0.25) is 4.90 Å². The zero-order chi connectivity index (χ0) is 39.5. The topological polar surface area (TPSA) is 15.3 Å². The first-order chi connectivity index (χ1) is 29.1. The third kappa shape index (κ3) is 7.63. The third-order valence-electron chi connectivity index (χ3n) is 19.4. The van der Waals surface area contributed by atoms with Crippen molar-refractivity contribution >= 4 is 0 Å². The summed E-state index contributed by atoms with van der Waals surface area (Å²) in [6, 6.07) is 1.91. The van der Waals surface area contributed by atoms with E-state index in [1.165, 1.54) is 135 Å². The molecule has 2 nitrogen and oxygen atoms in total. The van der Waals surface area contributed by atoms with Crippen molar-refractivity contribution in [3.05, 3.63) is 107 Å². The molecule has 2 heterocycles. The Balaban J connectivity index is 0.929. The largest absolute Gasteiger partial charge is 0.314 e. The Morgan fingerprint density at radius 3 is 2.41 bits per heavy atom. The average molecular weight is 791 g/mol. The molecule has 0 aromatic rings. The molecule has 59 heavy (non-hydrogen) atoms. The molecule has 9 aliphatic carbocycles. The fourth-order valence-electron chi connectivity index (χ4n) is 16.3. The second-order valence-electron chi connectivity index (χ2n) is 22.3. The molecule has 0 aromatic carbocycles. The van der Waals surface area contributed by atoms with Crippen LogP contribution in [0.4, 0.5) is 0 Å². The Hall–Kier alpha value is -2.42. The van der Waals surface area contributed by atoms with Gasteiger partial charge in [0.2, 0.25) is 0 Å². The van der Waals surface area contributed by atoms with Crippen LogP contribution in [-0.2, 0) is 0 Å². The molecule has 15 unspecified atom stereocenters. The number of hydrogen-bond donors (Lipinski definition) is 1. The van der Waals surface area contributed by atoms with Crippen molar-refractivity contribution in [2.24, 2.45) is 76.9 Å². The summed E-state index contributed by atoms with van der Waals surface area (Å²) in [4.78, 5) is 3.22. The summed E-state index contributed by atoms with van der Waals surface area (Å²) in [5.41, 5.74) is 9.23. The van der Waals surface area contributed by atoms with Crippen LogP contribution in [0, 0.1) is 76.9 Å². The Kier molecular flexibility index (Phi) is 11.4. The van der Waals surface area contributed by atoms with E-state index in [4.69, 9.17) is 0 Å². The van der Waals surface area contributed by atoms with Crippen LogP contribution in [0.5, 0.6) is 0 Å². The molecule has 0 spiro atoms. The van der Waals surface area contributed by atoms with E-state index in [1.54, 1.807) is 11.1 Å². The smallest absolute Gasteiger partial charge is 0.0290 e. The lowest BCUT2D eigenvalue weighted by atomic mass is 9.59. The van der Waals surface area contributed by atoms with Gasteiger partial charge in [0, 0.05) is 30.6 Å². The molecular formula is C57H78N2. The van der Waals surface area contributed by atoms with Crippen LogP contribution in [0.1, 0.15) is 136 Å². The number of nitrogens with zero attached hydrogens (tertiary/aromatic N) is 1. The molecule has 0 bridgehead atoms. The van der Waals surface area contributed by atoms with Crippen molar-refractivity contribution < 1.29 is 0 Å². The summed E-state index contributed by atoms with van der Waals surface area (Å²) in [6.45, 7) is 7.64. The minimum Gasteiger partial charge on any atom is -0.314 e. The highest BCUT2D eigenvalue weighted by Gasteiger charge is 2.48. The maximum atomic E-state index is 3.86. The summed E-state index contributed by atoms with van der Waals surface area (Å²) in [5.74, 6) is 10.0. The van der Waals surface area contributed by atoms with E-state index >= 15 is 0 Å². The van der Waals surface area contributed by atoms with Crippen molar-refractivity contribution in [2.45, 2.75) is 154 Å². The molecule has 2 aliphatic heterocycles. The van der Waals surface area contributed by atoms with E-state index in [-0.39, 0.29) is 0 Å². The van der Waals surface area contributed by atoms with Gasteiger partial charge in [0.05, 0.1) is 0 Å². The fraction of sp³-hybridized carbons (Fsp3) is 0.684. The first-order valence-electron chi connectivity index (χ1n) is 25.8. The van der Waals surface area contributed by atoms with Crippen LogP contribution in [-0.4, -0.2) is 36.1 Å². The molecule has 0 radical (unpaired) electrons. The highest BCUT2D eigenvalue weighted by Crippen LogP contribution is 2.54. The van der Waals surface area contributed by atoms with Crippen LogP contribution >= 0.6 is 0 Å². The lowest BCUT2D eigenvalue weighted by Crippen LogP contribution is -2.55. The molecule has 0 amide bonds. The van der Waals surface area contributed by atoms with E-state index < -0.39 is 0 Å². The summed E-state index contributed by atoms with van der Waals surface area (Å²) in [6.07, 6.45) is 59.8. The van der Waals surface area contributed by atoms with E-state index in [0.29, 0.717) is 30.0 Å². The van der Waals surface area contributed by atoms with Gasteiger partial charge in [-0.05, 0) is 217 Å². The molecule has 2 saturated carbocycles. The molecular weight excluding hydrogens is 713 g/mol. The Bertz CT molecular complexity index is 1840. The predicted molar refractivity (Wildman–Crippen MR) is 247 cm³/mol. The van der Waals surface area contributed by atoms with Crippen molar-refractivity contribution in [3.8, 4) is 0 Å². The molecule has 0 aromatic heterocycles. The van der Waals surface area contributed by atoms with Gasteiger partial charge in [0.25, 0.3) is 0 Å². The lowest BCUT2D eigenvalue weighted by Gasteiger charge is -2.54. The van der Waals surface area contributed by atoms with Crippen LogP contribution < -0.4 is 5.32 Å². The number of fused-ring (bicyclic) bond motifs is 5. The quantitative estimate of drug-likeness (QED) is 0.279. The molecule has 3 fully saturated rings. The second kappa shape index (κ2) is 17.0. The first-order valence-corrected chi connectivity index (χ1v) is 25.8. The Morgan fingerprint density at radius 1 is 0.610 bits per heavy atom. The zero-order valence-corrected chi connectivity index (χ0v) is 37.0. The van der Waals surface area contributed by atoms with E-state index in [0.717, 1.165) is 65.1 Å². The SMILES string of the molecule is CC1CC(C2CCC(/C3=C4\CCCCC4C(C)C4CCC(C5C=CC(C6C=C7CCC=CC7CC6)CC5)CC4N(C4C=CC5C=CC=C[C@H]5C4)C3)=C3C=CCCC32)CN1. The van der Waals surface area contributed by atoms with Gasteiger partial charge in [0.1, 0.15) is 0 Å². The molecule has 11 rings (SSSR count). The monoisotopic (exact) mass is 791 g/mol. The van der Waals surface area contributed by atoms with Gasteiger partial charge in [-0.1, -0.05) is 103 Å². The van der Waals surface area contributed by atoms with E-state index in [1.807, 2.05) is 16.7 Å². The van der Waals surface area contributed by atoms with Gasteiger partial charge in [-0.15, -0.1) is 0 Å². The van der Waals surface area contributed by atoms with Crippen molar-refractivity contribution in [3.63, 3.8) is 0 Å². The maximum absolute atomic E-state index is 3.86. The minimum atomic E-state index is 0.538. The molecule has 2 heteroatoms. The number of nitrogens with one attached hydrogen (secondary N) is 1. The van der Waals surface area contributed by atoms with Crippen LogP contribution in [0.15, 0.2) is 107 Å². The second-order valence-corrected chi connectivity index (χ2v) is 22.3. The fourth-order valence-corrected chi connectivity index (χ4v) is 16.3. The molecule has 316 valence electrons. The molecule has 11 aliphatic rings. The lowest BCUT2D eigenvalue weighted by molar-refractivity contribution is 0.00603. The van der Waals surface area contributed by atoms with Gasteiger partial charge in [-0.2, -0.15) is 0 Å². The normalized spacial score (nSPS) is 47.1. The van der Waals surface area contributed by atoms with Crippen LogP contribution in [0.2, 0.25) is 0 Å². The highest BCUT2D eigenvalue weighted by molar-refractivity contribution is 5.49.